The van der Waals surface area contributed by atoms with Crippen molar-refractivity contribution in [3.8, 4) is 0 Å². The fourth-order valence-electron chi connectivity index (χ4n) is 1.29. The van der Waals surface area contributed by atoms with Crippen molar-refractivity contribution in [1.82, 2.24) is 14.8 Å². The molecule has 5 nitrogen and oxygen atoms in total. The molecule has 1 N–H and O–H groups in total. The lowest BCUT2D eigenvalue weighted by molar-refractivity contribution is 0.317. The normalized spacial score (nSPS) is 11.6. The van der Waals surface area contributed by atoms with Crippen LogP contribution in [-0.2, 0) is 6.54 Å². The van der Waals surface area contributed by atoms with Gasteiger partial charge in [-0.15, -0.1) is 10.2 Å². The highest BCUT2D eigenvalue weighted by molar-refractivity contribution is 5.99. The molecule has 0 fully saturated rings. The largest absolute Gasteiger partial charge is 0.411 e. The lowest BCUT2D eigenvalue weighted by atomic mass is 10.1. The molecule has 0 saturated carbocycles. The SMILES string of the molecule is ON=C(Cn1cnnc1)c1ccccc1. The molecule has 2 rings (SSSR count). The fraction of sp³-hybridized carbons (Fsp3) is 0.100. The predicted octanol–water partition coefficient (Wildman–Crippen LogP) is 1.16. The third-order valence-corrected chi connectivity index (χ3v) is 2.03. The van der Waals surface area contributed by atoms with Crippen LogP contribution in [-0.4, -0.2) is 25.7 Å². The van der Waals surface area contributed by atoms with Crippen LogP contribution in [0.2, 0.25) is 0 Å². The summed E-state index contributed by atoms with van der Waals surface area (Å²) in [6.45, 7) is 0.452. The second-order valence-electron chi connectivity index (χ2n) is 3.05. The summed E-state index contributed by atoms with van der Waals surface area (Å²) in [5, 5.41) is 19.5. The Morgan fingerprint density at radius 1 is 1.20 bits per heavy atom. The molecular weight excluding hydrogens is 192 g/mol. The quantitative estimate of drug-likeness (QED) is 0.461. The van der Waals surface area contributed by atoms with Gasteiger partial charge in [0.05, 0.1) is 6.54 Å². The van der Waals surface area contributed by atoms with Gasteiger partial charge in [0.2, 0.25) is 0 Å². The van der Waals surface area contributed by atoms with Crippen molar-refractivity contribution in [3.05, 3.63) is 48.5 Å². The van der Waals surface area contributed by atoms with Gasteiger partial charge in [0.1, 0.15) is 18.4 Å². The Bertz CT molecular complexity index is 436. The van der Waals surface area contributed by atoms with E-state index in [2.05, 4.69) is 15.4 Å². The van der Waals surface area contributed by atoms with E-state index in [1.54, 1.807) is 17.2 Å². The molecule has 0 spiro atoms. The third-order valence-electron chi connectivity index (χ3n) is 2.03. The van der Waals surface area contributed by atoms with Crippen LogP contribution in [0.4, 0.5) is 0 Å². The van der Waals surface area contributed by atoms with E-state index in [9.17, 15) is 0 Å². The number of benzene rings is 1. The van der Waals surface area contributed by atoms with E-state index in [1.807, 2.05) is 30.3 Å². The van der Waals surface area contributed by atoms with Gasteiger partial charge >= 0.3 is 0 Å². The Morgan fingerprint density at radius 2 is 1.87 bits per heavy atom. The highest BCUT2D eigenvalue weighted by Crippen LogP contribution is 2.02. The van der Waals surface area contributed by atoms with Crippen molar-refractivity contribution in [2.24, 2.45) is 5.16 Å². The van der Waals surface area contributed by atoms with Crippen molar-refractivity contribution < 1.29 is 5.21 Å². The minimum absolute atomic E-state index is 0.452. The van der Waals surface area contributed by atoms with Gasteiger partial charge in [0, 0.05) is 5.56 Å². The molecule has 0 aliphatic carbocycles. The van der Waals surface area contributed by atoms with Gasteiger partial charge in [-0.3, -0.25) is 0 Å². The summed E-state index contributed by atoms with van der Waals surface area (Å²) in [5.74, 6) is 0. The third kappa shape index (κ3) is 2.19. The Hall–Kier alpha value is -2.17. The molecule has 0 bridgehead atoms. The lowest BCUT2D eigenvalue weighted by Crippen LogP contribution is -2.10. The molecule has 1 heterocycles. The molecule has 0 unspecified atom stereocenters. The second kappa shape index (κ2) is 4.36. The van der Waals surface area contributed by atoms with Gasteiger partial charge in [0.25, 0.3) is 0 Å². The first-order valence-corrected chi connectivity index (χ1v) is 4.49. The molecule has 1 aromatic heterocycles. The summed E-state index contributed by atoms with van der Waals surface area (Å²) >= 11 is 0. The first-order valence-electron chi connectivity index (χ1n) is 4.49. The number of nitrogens with zero attached hydrogens (tertiary/aromatic N) is 4. The number of oxime groups is 1. The predicted molar refractivity (Wildman–Crippen MR) is 54.8 cm³/mol. The summed E-state index contributed by atoms with van der Waals surface area (Å²) in [6.07, 6.45) is 3.16. The van der Waals surface area contributed by atoms with E-state index >= 15 is 0 Å². The zero-order valence-electron chi connectivity index (χ0n) is 7.98. The maximum Gasteiger partial charge on any atom is 0.119 e. The minimum Gasteiger partial charge on any atom is -0.411 e. The van der Waals surface area contributed by atoms with E-state index < -0.39 is 0 Å². The summed E-state index contributed by atoms with van der Waals surface area (Å²) in [5.41, 5.74) is 1.46. The lowest BCUT2D eigenvalue weighted by Gasteiger charge is -2.04. The first-order chi connectivity index (χ1) is 7.40. The molecule has 5 heteroatoms. The van der Waals surface area contributed by atoms with Gasteiger partial charge < -0.3 is 9.77 Å². The maximum absolute atomic E-state index is 8.91. The smallest absolute Gasteiger partial charge is 0.119 e. The van der Waals surface area contributed by atoms with Gasteiger partial charge in [0.15, 0.2) is 0 Å². The molecular formula is C10H10N4O. The van der Waals surface area contributed by atoms with Crippen LogP contribution in [0, 0.1) is 0 Å². The molecule has 0 aliphatic heterocycles. The van der Waals surface area contributed by atoms with E-state index in [4.69, 9.17) is 5.21 Å². The van der Waals surface area contributed by atoms with Crippen LogP contribution in [0.25, 0.3) is 0 Å². The second-order valence-corrected chi connectivity index (χ2v) is 3.05. The van der Waals surface area contributed by atoms with Crippen LogP contribution in [0.15, 0.2) is 48.1 Å². The van der Waals surface area contributed by atoms with Gasteiger partial charge in [-0.1, -0.05) is 35.5 Å². The van der Waals surface area contributed by atoms with E-state index in [0.29, 0.717) is 12.3 Å². The average Bonchev–Trinajstić information content (AvgIpc) is 2.80. The van der Waals surface area contributed by atoms with Gasteiger partial charge in [-0.25, -0.2) is 0 Å². The van der Waals surface area contributed by atoms with Crippen molar-refractivity contribution in [1.29, 1.82) is 0 Å². The Balaban J connectivity index is 2.20. The summed E-state index contributed by atoms with van der Waals surface area (Å²) < 4.78 is 1.74. The van der Waals surface area contributed by atoms with Crippen LogP contribution in [0.1, 0.15) is 5.56 Å². The van der Waals surface area contributed by atoms with Crippen LogP contribution in [0.5, 0.6) is 0 Å². The van der Waals surface area contributed by atoms with Crippen molar-refractivity contribution in [2.45, 2.75) is 6.54 Å². The van der Waals surface area contributed by atoms with E-state index in [-0.39, 0.29) is 0 Å². The highest BCUT2D eigenvalue weighted by atomic mass is 16.4. The molecule has 1 aromatic carbocycles. The van der Waals surface area contributed by atoms with Crippen molar-refractivity contribution >= 4 is 5.71 Å². The molecule has 0 radical (unpaired) electrons. The minimum atomic E-state index is 0.452. The summed E-state index contributed by atoms with van der Waals surface area (Å²) in [6, 6.07) is 9.48. The molecule has 15 heavy (non-hydrogen) atoms. The molecule has 0 saturated heterocycles. The van der Waals surface area contributed by atoms with Crippen molar-refractivity contribution in [3.63, 3.8) is 0 Å². The number of hydrogen-bond donors (Lipinski definition) is 1. The Labute approximate surface area is 86.7 Å². The Kier molecular flexibility index (Phi) is 2.73. The molecule has 0 amide bonds. The summed E-state index contributed by atoms with van der Waals surface area (Å²) in [7, 11) is 0. The molecule has 0 atom stereocenters. The summed E-state index contributed by atoms with van der Waals surface area (Å²) in [4.78, 5) is 0. The number of rotatable bonds is 3. The number of aromatic nitrogens is 3. The van der Waals surface area contributed by atoms with Crippen LogP contribution >= 0.6 is 0 Å². The monoisotopic (exact) mass is 202 g/mol. The van der Waals surface area contributed by atoms with Crippen LogP contribution < -0.4 is 0 Å². The zero-order chi connectivity index (χ0) is 10.5. The maximum atomic E-state index is 8.91. The van der Waals surface area contributed by atoms with Gasteiger partial charge in [-0.05, 0) is 0 Å². The topological polar surface area (TPSA) is 63.3 Å². The van der Waals surface area contributed by atoms with Crippen molar-refractivity contribution in [2.75, 3.05) is 0 Å². The van der Waals surface area contributed by atoms with Crippen LogP contribution in [0.3, 0.4) is 0 Å². The Morgan fingerprint density at radius 3 is 2.47 bits per heavy atom. The molecule has 2 aromatic rings. The zero-order valence-corrected chi connectivity index (χ0v) is 7.98. The average molecular weight is 202 g/mol. The molecule has 76 valence electrons. The fourth-order valence-corrected chi connectivity index (χ4v) is 1.29. The van der Waals surface area contributed by atoms with E-state index in [0.717, 1.165) is 5.56 Å². The highest BCUT2D eigenvalue weighted by Gasteiger charge is 2.04. The van der Waals surface area contributed by atoms with Gasteiger partial charge in [-0.2, -0.15) is 0 Å². The first kappa shape index (κ1) is 9.39. The number of hydrogen-bond acceptors (Lipinski definition) is 4. The standard InChI is InChI=1S/C10H10N4O/c15-13-10(6-14-7-11-12-8-14)9-4-2-1-3-5-9/h1-5,7-8,15H,6H2. The molecule has 0 aliphatic rings. The van der Waals surface area contributed by atoms with E-state index in [1.165, 1.54) is 0 Å².